The highest BCUT2D eigenvalue weighted by Gasteiger charge is 2.23. The number of furan rings is 1. The first kappa shape index (κ1) is 32.4. The first-order valence-electron chi connectivity index (χ1n) is 19.8. The summed E-state index contributed by atoms with van der Waals surface area (Å²) in [6.45, 7) is 0. The number of thiophene rings is 1. The van der Waals surface area contributed by atoms with Gasteiger partial charge in [-0.1, -0.05) is 133 Å². The van der Waals surface area contributed by atoms with E-state index < -0.39 is 0 Å². The summed E-state index contributed by atoms with van der Waals surface area (Å²) >= 11 is 1.76. The fourth-order valence-electron chi connectivity index (χ4n) is 9.20. The van der Waals surface area contributed by atoms with Gasteiger partial charge < -0.3 is 8.98 Å². The molecule has 13 aromatic rings. The standard InChI is InChI=1S/C53H30N4OS/c1-2-14-31(15-3-1)51-54-52(41-28-32-16-4-5-17-34(32)35-18-6-7-19-36(35)41)56-53(55-51)43-30-33(57-44-23-11-8-20-37(44)38-21-9-12-24-45(38)57)29-42-48-47(59-50(42)43)27-26-40-39-22-10-13-25-46(39)58-49(40)48/h1-30H. The normalized spacial score (nSPS) is 12.1. The molecule has 0 radical (unpaired) electrons. The molecule has 0 aliphatic rings. The Labute approximate surface area is 341 Å². The number of fused-ring (bicyclic) bond motifs is 13. The fraction of sp³-hybridized carbons (Fsp3) is 0. The Kier molecular flexibility index (Phi) is 6.82. The molecule has 0 aliphatic carbocycles. The van der Waals surface area contributed by atoms with E-state index in [4.69, 9.17) is 19.4 Å². The van der Waals surface area contributed by atoms with E-state index >= 15 is 0 Å². The van der Waals surface area contributed by atoms with Crippen LogP contribution in [-0.4, -0.2) is 19.5 Å². The number of rotatable bonds is 4. The lowest BCUT2D eigenvalue weighted by atomic mass is 9.97. The fourth-order valence-corrected chi connectivity index (χ4v) is 10.4. The summed E-state index contributed by atoms with van der Waals surface area (Å²) in [5.41, 5.74) is 7.91. The number of hydrogen-bond acceptors (Lipinski definition) is 5. The van der Waals surface area contributed by atoms with Gasteiger partial charge in [-0.05, 0) is 70.1 Å². The molecule has 0 aliphatic heterocycles. The molecular formula is C53H30N4OS. The largest absolute Gasteiger partial charge is 0.455 e. The van der Waals surface area contributed by atoms with Gasteiger partial charge >= 0.3 is 0 Å². The quantitative estimate of drug-likeness (QED) is 0.167. The van der Waals surface area contributed by atoms with Gasteiger partial charge in [-0.3, -0.25) is 0 Å². The summed E-state index contributed by atoms with van der Waals surface area (Å²) < 4.78 is 11.4. The predicted molar refractivity (Wildman–Crippen MR) is 246 cm³/mol. The SMILES string of the molecule is c1ccc(-c2nc(-c3cc4ccccc4c4ccccc34)nc(-c3cc(-n4c5ccccc5c5ccccc54)cc4c3sc3ccc5c6ccccc6oc5c34)n2)cc1. The Hall–Kier alpha value is -7.67. The summed E-state index contributed by atoms with van der Waals surface area (Å²) in [4.78, 5) is 16.1. The Morgan fingerprint density at radius 3 is 1.81 bits per heavy atom. The van der Waals surface area contributed by atoms with Crippen molar-refractivity contribution < 1.29 is 4.42 Å². The minimum atomic E-state index is 0.617. The van der Waals surface area contributed by atoms with Gasteiger partial charge in [0.05, 0.1) is 11.0 Å². The van der Waals surface area contributed by atoms with Crippen LogP contribution in [0, 0.1) is 0 Å². The van der Waals surface area contributed by atoms with Crippen molar-refractivity contribution in [3.63, 3.8) is 0 Å². The van der Waals surface area contributed by atoms with Crippen molar-refractivity contribution in [3.05, 3.63) is 182 Å². The van der Waals surface area contributed by atoms with Crippen LogP contribution in [0.5, 0.6) is 0 Å². The molecule has 9 aromatic carbocycles. The van der Waals surface area contributed by atoms with Crippen molar-refractivity contribution in [2.45, 2.75) is 0 Å². The molecule has 4 aromatic heterocycles. The molecule has 59 heavy (non-hydrogen) atoms. The molecule has 0 saturated carbocycles. The molecule has 274 valence electrons. The number of aromatic nitrogens is 4. The highest BCUT2D eigenvalue weighted by molar-refractivity contribution is 7.26. The average molecular weight is 771 g/mol. The molecule has 0 N–H and O–H groups in total. The third-order valence-electron chi connectivity index (χ3n) is 11.8. The van der Waals surface area contributed by atoms with Crippen LogP contribution in [0.2, 0.25) is 0 Å². The van der Waals surface area contributed by atoms with Crippen LogP contribution in [0.3, 0.4) is 0 Å². The van der Waals surface area contributed by atoms with E-state index in [9.17, 15) is 0 Å². The number of nitrogens with zero attached hydrogens (tertiary/aromatic N) is 4. The van der Waals surface area contributed by atoms with Crippen molar-refractivity contribution in [2.75, 3.05) is 0 Å². The maximum Gasteiger partial charge on any atom is 0.165 e. The van der Waals surface area contributed by atoms with Gasteiger partial charge in [-0.2, -0.15) is 0 Å². The number of benzene rings is 9. The zero-order valence-corrected chi connectivity index (χ0v) is 32.2. The molecule has 0 atom stereocenters. The van der Waals surface area contributed by atoms with Gasteiger partial charge in [0.15, 0.2) is 17.5 Å². The van der Waals surface area contributed by atoms with E-state index in [1.165, 1.54) is 21.5 Å². The lowest BCUT2D eigenvalue weighted by Gasteiger charge is -2.14. The summed E-state index contributed by atoms with van der Waals surface area (Å²) in [6, 6.07) is 64.3. The topological polar surface area (TPSA) is 56.7 Å². The molecule has 4 heterocycles. The molecule has 13 rings (SSSR count). The smallest absolute Gasteiger partial charge is 0.165 e. The molecule has 0 spiro atoms. The maximum absolute atomic E-state index is 6.74. The van der Waals surface area contributed by atoms with Gasteiger partial charge in [0.1, 0.15) is 11.2 Å². The van der Waals surface area contributed by atoms with Gasteiger partial charge in [-0.15, -0.1) is 11.3 Å². The second-order valence-electron chi connectivity index (χ2n) is 15.1. The van der Waals surface area contributed by atoms with Crippen LogP contribution in [0.1, 0.15) is 0 Å². The van der Waals surface area contributed by atoms with Gasteiger partial charge in [0.2, 0.25) is 0 Å². The minimum absolute atomic E-state index is 0.617. The van der Waals surface area contributed by atoms with E-state index in [-0.39, 0.29) is 0 Å². The summed E-state index contributed by atoms with van der Waals surface area (Å²) in [5.74, 6) is 1.87. The van der Waals surface area contributed by atoms with E-state index in [1.54, 1.807) is 11.3 Å². The van der Waals surface area contributed by atoms with Crippen molar-refractivity contribution in [2.24, 2.45) is 0 Å². The zero-order valence-electron chi connectivity index (χ0n) is 31.4. The van der Waals surface area contributed by atoms with Crippen molar-refractivity contribution in [3.8, 4) is 39.9 Å². The average Bonchev–Trinajstić information content (AvgIpc) is 3.98. The highest BCUT2D eigenvalue weighted by Crippen LogP contribution is 2.47. The van der Waals surface area contributed by atoms with E-state index in [0.717, 1.165) is 86.3 Å². The lowest BCUT2D eigenvalue weighted by Crippen LogP contribution is -2.02. The van der Waals surface area contributed by atoms with Gasteiger partial charge in [-0.25, -0.2) is 15.0 Å². The van der Waals surface area contributed by atoms with E-state index in [0.29, 0.717) is 17.5 Å². The Bertz CT molecular complexity index is 3810. The van der Waals surface area contributed by atoms with Crippen LogP contribution in [0.4, 0.5) is 0 Å². The molecule has 0 amide bonds. The summed E-state index contributed by atoms with van der Waals surface area (Å²) in [7, 11) is 0. The third kappa shape index (κ3) is 4.81. The Morgan fingerprint density at radius 1 is 0.424 bits per heavy atom. The molecule has 0 unspecified atom stereocenters. The van der Waals surface area contributed by atoms with Crippen LogP contribution < -0.4 is 0 Å². The molecule has 0 bridgehead atoms. The Balaban J connectivity index is 1.18. The molecular weight excluding hydrogens is 741 g/mol. The summed E-state index contributed by atoms with van der Waals surface area (Å²) in [6.07, 6.45) is 0. The van der Waals surface area contributed by atoms with E-state index in [2.05, 4.69) is 162 Å². The van der Waals surface area contributed by atoms with Gasteiger partial charge in [0.25, 0.3) is 0 Å². The monoisotopic (exact) mass is 770 g/mol. The van der Waals surface area contributed by atoms with Crippen LogP contribution >= 0.6 is 11.3 Å². The Morgan fingerprint density at radius 2 is 1.03 bits per heavy atom. The van der Waals surface area contributed by atoms with Crippen LogP contribution in [-0.2, 0) is 0 Å². The molecule has 6 heteroatoms. The van der Waals surface area contributed by atoms with Crippen molar-refractivity contribution >= 4 is 96.8 Å². The summed E-state index contributed by atoms with van der Waals surface area (Å²) in [5, 5.41) is 11.4. The van der Waals surface area contributed by atoms with E-state index in [1.807, 2.05) is 24.3 Å². The maximum atomic E-state index is 6.74. The molecule has 5 nitrogen and oxygen atoms in total. The van der Waals surface area contributed by atoms with Crippen LogP contribution in [0.25, 0.3) is 125 Å². The predicted octanol–water partition coefficient (Wildman–Crippen LogP) is 14.5. The number of hydrogen-bond donors (Lipinski definition) is 0. The van der Waals surface area contributed by atoms with Crippen LogP contribution in [0.15, 0.2) is 186 Å². The first-order valence-corrected chi connectivity index (χ1v) is 20.6. The zero-order chi connectivity index (χ0) is 38.6. The second kappa shape index (κ2) is 12.4. The van der Waals surface area contributed by atoms with Crippen molar-refractivity contribution in [1.29, 1.82) is 0 Å². The molecule has 0 saturated heterocycles. The first-order chi connectivity index (χ1) is 29.2. The second-order valence-corrected chi connectivity index (χ2v) is 16.2. The lowest BCUT2D eigenvalue weighted by molar-refractivity contribution is 0.673. The van der Waals surface area contributed by atoms with Gasteiger partial charge in [0, 0.05) is 64.1 Å². The van der Waals surface area contributed by atoms with Crippen molar-refractivity contribution in [1.82, 2.24) is 19.5 Å². The highest BCUT2D eigenvalue weighted by atomic mass is 32.1. The third-order valence-corrected chi connectivity index (χ3v) is 13.0. The number of para-hydroxylation sites is 3. The molecule has 0 fully saturated rings. The minimum Gasteiger partial charge on any atom is -0.455 e.